The van der Waals surface area contributed by atoms with Crippen molar-refractivity contribution in [2.24, 2.45) is 23.2 Å². The Balaban J connectivity index is 1.26. The van der Waals surface area contributed by atoms with E-state index in [0.717, 1.165) is 56.3 Å². The maximum atomic E-state index is 13.2. The van der Waals surface area contributed by atoms with Gasteiger partial charge in [0, 0.05) is 30.9 Å². The van der Waals surface area contributed by atoms with E-state index in [9.17, 15) is 9.59 Å². The lowest BCUT2D eigenvalue weighted by atomic mass is 9.78. The Morgan fingerprint density at radius 2 is 2.15 bits per heavy atom. The number of likely N-dealkylation sites (tertiary alicyclic amines) is 2. The normalized spacial score (nSPS) is 36.0. The van der Waals surface area contributed by atoms with E-state index < -0.39 is 0 Å². The molecule has 3 saturated heterocycles. The SMILES string of the molecule is Cc1nc(CN2CCC3(CCCN(C(=O)C4[C@H]5COC[C@@H]45)C3)C2=O)cs1. The van der Waals surface area contributed by atoms with Crippen LogP contribution in [0.25, 0.3) is 0 Å². The zero-order chi connectivity index (χ0) is 17.9. The van der Waals surface area contributed by atoms with E-state index in [-0.39, 0.29) is 23.1 Å². The number of nitrogens with zero attached hydrogens (tertiary/aromatic N) is 3. The molecule has 0 radical (unpaired) electrons. The Bertz CT molecular complexity index is 740. The molecule has 5 rings (SSSR count). The number of piperidine rings is 1. The lowest BCUT2D eigenvalue weighted by molar-refractivity contribution is -0.145. The van der Waals surface area contributed by atoms with E-state index in [0.29, 0.717) is 24.9 Å². The summed E-state index contributed by atoms with van der Waals surface area (Å²) in [6.07, 6.45) is 2.70. The molecule has 1 saturated carbocycles. The summed E-state index contributed by atoms with van der Waals surface area (Å²) in [6, 6.07) is 0. The molecule has 140 valence electrons. The molecule has 0 aromatic carbocycles. The predicted octanol–water partition coefficient (Wildman–Crippen LogP) is 1.69. The van der Waals surface area contributed by atoms with Gasteiger partial charge in [-0.2, -0.15) is 0 Å². The molecule has 3 aliphatic heterocycles. The fourth-order valence-electron chi connectivity index (χ4n) is 5.24. The summed E-state index contributed by atoms with van der Waals surface area (Å²) in [5.41, 5.74) is 0.617. The lowest BCUT2D eigenvalue weighted by Gasteiger charge is -2.39. The third kappa shape index (κ3) is 2.59. The van der Waals surface area contributed by atoms with Crippen LogP contribution in [-0.2, 0) is 20.9 Å². The highest BCUT2D eigenvalue weighted by molar-refractivity contribution is 7.09. The minimum absolute atomic E-state index is 0.157. The zero-order valence-corrected chi connectivity index (χ0v) is 16.0. The van der Waals surface area contributed by atoms with E-state index in [2.05, 4.69) is 4.98 Å². The molecular formula is C19H25N3O3S. The van der Waals surface area contributed by atoms with Crippen LogP contribution in [0.15, 0.2) is 5.38 Å². The topological polar surface area (TPSA) is 62.7 Å². The lowest BCUT2D eigenvalue weighted by Crippen LogP contribution is -2.50. The Labute approximate surface area is 157 Å². The molecule has 26 heavy (non-hydrogen) atoms. The minimum Gasteiger partial charge on any atom is -0.381 e. The quantitative estimate of drug-likeness (QED) is 0.807. The molecule has 7 heteroatoms. The van der Waals surface area contributed by atoms with Crippen LogP contribution in [0.4, 0.5) is 0 Å². The summed E-state index contributed by atoms with van der Waals surface area (Å²) in [7, 11) is 0. The van der Waals surface area contributed by atoms with Gasteiger partial charge in [0.25, 0.3) is 0 Å². The Kier molecular flexibility index (Phi) is 3.87. The number of thiazole rings is 1. The second-order valence-electron chi connectivity index (χ2n) is 8.37. The van der Waals surface area contributed by atoms with Gasteiger partial charge in [-0.25, -0.2) is 4.98 Å². The molecule has 4 aliphatic rings. The Morgan fingerprint density at radius 1 is 1.35 bits per heavy atom. The highest BCUT2D eigenvalue weighted by Crippen LogP contribution is 2.52. The summed E-state index contributed by atoms with van der Waals surface area (Å²) in [6.45, 7) is 6.25. The number of aromatic nitrogens is 1. The molecule has 2 unspecified atom stereocenters. The molecule has 1 spiro atoms. The maximum Gasteiger partial charge on any atom is 0.231 e. The molecule has 1 aliphatic carbocycles. The van der Waals surface area contributed by atoms with Crippen molar-refractivity contribution < 1.29 is 14.3 Å². The van der Waals surface area contributed by atoms with E-state index in [1.807, 2.05) is 22.1 Å². The van der Waals surface area contributed by atoms with Crippen LogP contribution < -0.4 is 0 Å². The van der Waals surface area contributed by atoms with Crippen molar-refractivity contribution in [3.05, 3.63) is 16.1 Å². The van der Waals surface area contributed by atoms with Crippen molar-refractivity contribution in [3.63, 3.8) is 0 Å². The van der Waals surface area contributed by atoms with Crippen LogP contribution in [0.3, 0.4) is 0 Å². The van der Waals surface area contributed by atoms with Gasteiger partial charge in [-0.05, 0) is 38.0 Å². The molecule has 0 bridgehead atoms. The third-order valence-electron chi connectivity index (χ3n) is 6.75. The number of fused-ring (bicyclic) bond motifs is 1. The number of hydrogen-bond donors (Lipinski definition) is 0. The smallest absolute Gasteiger partial charge is 0.231 e. The molecule has 2 amide bonds. The minimum atomic E-state index is -0.362. The van der Waals surface area contributed by atoms with E-state index in [1.54, 1.807) is 11.3 Å². The van der Waals surface area contributed by atoms with Crippen molar-refractivity contribution in [2.75, 3.05) is 32.8 Å². The highest BCUT2D eigenvalue weighted by atomic mass is 32.1. The number of amides is 2. The molecule has 4 heterocycles. The summed E-state index contributed by atoms with van der Waals surface area (Å²) in [4.78, 5) is 34.6. The van der Waals surface area contributed by atoms with Gasteiger partial charge in [-0.3, -0.25) is 9.59 Å². The van der Waals surface area contributed by atoms with Crippen molar-refractivity contribution in [2.45, 2.75) is 32.7 Å². The number of rotatable bonds is 3. The fraction of sp³-hybridized carbons (Fsp3) is 0.737. The van der Waals surface area contributed by atoms with Crippen LogP contribution in [0.1, 0.15) is 30.0 Å². The molecule has 1 aromatic heterocycles. The first kappa shape index (κ1) is 16.7. The third-order valence-corrected chi connectivity index (χ3v) is 7.57. The summed E-state index contributed by atoms with van der Waals surface area (Å²) in [5.74, 6) is 1.52. The number of ether oxygens (including phenoxy) is 1. The van der Waals surface area contributed by atoms with E-state index >= 15 is 0 Å². The first-order valence-electron chi connectivity index (χ1n) is 9.64. The van der Waals surface area contributed by atoms with Crippen LogP contribution in [0, 0.1) is 30.1 Å². The van der Waals surface area contributed by atoms with Gasteiger partial charge in [0.05, 0.1) is 35.9 Å². The van der Waals surface area contributed by atoms with E-state index in [4.69, 9.17) is 4.74 Å². The molecule has 0 N–H and O–H groups in total. The van der Waals surface area contributed by atoms with Crippen LogP contribution in [0.5, 0.6) is 0 Å². The Morgan fingerprint density at radius 3 is 2.88 bits per heavy atom. The first-order chi connectivity index (χ1) is 12.6. The second-order valence-corrected chi connectivity index (χ2v) is 9.43. The Hall–Kier alpha value is -1.47. The average Bonchev–Trinajstić information content (AvgIpc) is 2.99. The van der Waals surface area contributed by atoms with Gasteiger partial charge < -0.3 is 14.5 Å². The van der Waals surface area contributed by atoms with Crippen LogP contribution in [0.2, 0.25) is 0 Å². The van der Waals surface area contributed by atoms with Gasteiger partial charge in [-0.15, -0.1) is 11.3 Å². The molecule has 4 fully saturated rings. The maximum absolute atomic E-state index is 13.2. The molecule has 1 aromatic rings. The van der Waals surface area contributed by atoms with Crippen LogP contribution >= 0.6 is 11.3 Å². The standard InChI is InChI=1S/C19H25N3O3S/c1-12-20-13(10-26-12)7-21-6-4-19(18(21)24)3-2-5-22(11-19)17(23)16-14-8-25-9-15(14)16/h10,14-16H,2-9,11H2,1H3/t14-,15+,16?,19?. The summed E-state index contributed by atoms with van der Waals surface area (Å²) in [5, 5.41) is 3.08. The number of carbonyl (C=O) groups excluding carboxylic acids is 2. The predicted molar refractivity (Wildman–Crippen MR) is 96.4 cm³/mol. The van der Waals surface area contributed by atoms with Gasteiger partial charge in [0.15, 0.2) is 0 Å². The number of aryl methyl sites for hydroxylation is 1. The van der Waals surface area contributed by atoms with Gasteiger partial charge in [0.2, 0.25) is 11.8 Å². The average molecular weight is 375 g/mol. The van der Waals surface area contributed by atoms with Crippen molar-refractivity contribution in [1.82, 2.24) is 14.8 Å². The largest absolute Gasteiger partial charge is 0.381 e. The summed E-state index contributed by atoms with van der Waals surface area (Å²) >= 11 is 1.63. The van der Waals surface area contributed by atoms with Crippen molar-refractivity contribution >= 4 is 23.2 Å². The monoisotopic (exact) mass is 375 g/mol. The van der Waals surface area contributed by atoms with E-state index in [1.165, 1.54) is 0 Å². The van der Waals surface area contributed by atoms with Crippen molar-refractivity contribution in [1.29, 1.82) is 0 Å². The number of carbonyl (C=O) groups is 2. The highest BCUT2D eigenvalue weighted by Gasteiger charge is 2.60. The van der Waals surface area contributed by atoms with Crippen LogP contribution in [-0.4, -0.2) is 59.4 Å². The first-order valence-corrected chi connectivity index (χ1v) is 10.5. The van der Waals surface area contributed by atoms with Gasteiger partial charge in [0.1, 0.15) is 0 Å². The second kappa shape index (κ2) is 6.02. The summed E-state index contributed by atoms with van der Waals surface area (Å²) < 4.78 is 5.42. The molecule has 4 atom stereocenters. The zero-order valence-electron chi connectivity index (χ0n) is 15.1. The van der Waals surface area contributed by atoms with Gasteiger partial charge in [-0.1, -0.05) is 0 Å². The molecular weight excluding hydrogens is 350 g/mol. The fourth-order valence-corrected chi connectivity index (χ4v) is 5.84. The van der Waals surface area contributed by atoms with Crippen molar-refractivity contribution in [3.8, 4) is 0 Å². The number of hydrogen-bond acceptors (Lipinski definition) is 5. The molecule has 6 nitrogen and oxygen atoms in total. The van der Waals surface area contributed by atoms with Gasteiger partial charge >= 0.3 is 0 Å².